The average molecular weight is 172 g/mol. The molecular weight excluding hydrogens is 156 g/mol. The molecule has 0 radical (unpaired) electrons. The molecule has 0 heterocycles. The Balaban J connectivity index is 3.76. The molecular formula is C9H16O3. The molecule has 3 nitrogen and oxygen atoms in total. The Morgan fingerprint density at radius 2 is 1.92 bits per heavy atom. The minimum absolute atomic E-state index is 0.0315. The van der Waals surface area contributed by atoms with Crippen LogP contribution in [0.4, 0.5) is 0 Å². The molecule has 0 aliphatic carbocycles. The van der Waals surface area contributed by atoms with Gasteiger partial charge in [0.05, 0.1) is 6.61 Å². The molecule has 0 aliphatic heterocycles. The van der Waals surface area contributed by atoms with Gasteiger partial charge in [-0.25, -0.2) is 0 Å². The Bertz CT molecular complexity index is 163. The standard InChI is InChI=1S/C9H16O3/c1-4-7(3)8(10)6-9(11)12-5-2/h7H,4-6H2,1-3H3. The number of hydrogen-bond donors (Lipinski definition) is 0. The fraction of sp³-hybridized carbons (Fsp3) is 0.778. The molecule has 0 N–H and O–H groups in total. The van der Waals surface area contributed by atoms with Crippen LogP contribution in [0.5, 0.6) is 0 Å². The topological polar surface area (TPSA) is 43.4 Å². The minimum Gasteiger partial charge on any atom is -0.466 e. The van der Waals surface area contributed by atoms with Crippen LogP contribution in [0, 0.1) is 5.92 Å². The number of ether oxygens (including phenoxy) is 1. The van der Waals surface area contributed by atoms with Crippen LogP contribution in [-0.2, 0) is 14.3 Å². The van der Waals surface area contributed by atoms with Crippen molar-refractivity contribution in [1.29, 1.82) is 0 Å². The van der Waals surface area contributed by atoms with Crippen molar-refractivity contribution in [2.45, 2.75) is 33.6 Å². The molecule has 0 rings (SSSR count). The van der Waals surface area contributed by atoms with Crippen molar-refractivity contribution >= 4 is 11.8 Å². The summed E-state index contributed by atoms with van der Waals surface area (Å²) in [5.41, 5.74) is 0. The van der Waals surface area contributed by atoms with E-state index in [9.17, 15) is 9.59 Å². The summed E-state index contributed by atoms with van der Waals surface area (Å²) in [6, 6.07) is 0. The van der Waals surface area contributed by atoms with E-state index < -0.39 is 5.97 Å². The highest BCUT2D eigenvalue weighted by atomic mass is 16.5. The monoisotopic (exact) mass is 172 g/mol. The summed E-state index contributed by atoms with van der Waals surface area (Å²) in [6.45, 7) is 5.81. The summed E-state index contributed by atoms with van der Waals surface area (Å²) >= 11 is 0. The Hall–Kier alpha value is -0.860. The Morgan fingerprint density at radius 3 is 2.33 bits per heavy atom. The lowest BCUT2D eigenvalue weighted by Crippen LogP contribution is -2.16. The van der Waals surface area contributed by atoms with Crippen molar-refractivity contribution < 1.29 is 14.3 Å². The van der Waals surface area contributed by atoms with Gasteiger partial charge in [0.1, 0.15) is 12.2 Å². The van der Waals surface area contributed by atoms with Gasteiger partial charge in [-0.1, -0.05) is 13.8 Å². The third kappa shape index (κ3) is 4.11. The summed E-state index contributed by atoms with van der Waals surface area (Å²) in [4.78, 5) is 22.0. The molecule has 0 spiro atoms. The van der Waals surface area contributed by atoms with E-state index in [2.05, 4.69) is 4.74 Å². The second-order valence-electron chi connectivity index (χ2n) is 2.76. The predicted molar refractivity (Wildman–Crippen MR) is 45.7 cm³/mol. The van der Waals surface area contributed by atoms with Gasteiger partial charge < -0.3 is 4.74 Å². The largest absolute Gasteiger partial charge is 0.466 e. The van der Waals surface area contributed by atoms with Crippen molar-refractivity contribution in [2.75, 3.05) is 6.61 Å². The summed E-state index contributed by atoms with van der Waals surface area (Å²) in [7, 11) is 0. The summed E-state index contributed by atoms with van der Waals surface area (Å²) in [5.74, 6) is -0.479. The van der Waals surface area contributed by atoms with Crippen LogP contribution in [-0.4, -0.2) is 18.4 Å². The number of Topliss-reactive ketones (excluding diaryl/α,β-unsaturated/α-hetero) is 1. The third-order valence-electron chi connectivity index (χ3n) is 1.79. The molecule has 0 bridgehead atoms. The Labute approximate surface area is 73.1 Å². The SMILES string of the molecule is CCOC(=O)CC(=O)C(C)CC. The molecule has 1 unspecified atom stereocenters. The number of rotatable bonds is 5. The van der Waals surface area contributed by atoms with E-state index in [1.54, 1.807) is 6.92 Å². The van der Waals surface area contributed by atoms with Crippen LogP contribution < -0.4 is 0 Å². The first-order valence-corrected chi connectivity index (χ1v) is 4.30. The molecule has 0 amide bonds. The molecule has 0 fully saturated rings. The van der Waals surface area contributed by atoms with Crippen LogP contribution in [0.1, 0.15) is 33.6 Å². The van der Waals surface area contributed by atoms with Crippen molar-refractivity contribution in [3.63, 3.8) is 0 Å². The van der Waals surface area contributed by atoms with E-state index >= 15 is 0 Å². The van der Waals surface area contributed by atoms with E-state index in [0.29, 0.717) is 6.61 Å². The predicted octanol–water partition coefficient (Wildman–Crippen LogP) is 1.55. The van der Waals surface area contributed by atoms with Gasteiger partial charge in [-0.3, -0.25) is 9.59 Å². The summed E-state index contributed by atoms with van der Waals surface area (Å²) in [5, 5.41) is 0. The Kier molecular flexibility index (Phi) is 5.34. The molecule has 3 heteroatoms. The Morgan fingerprint density at radius 1 is 1.33 bits per heavy atom. The molecule has 0 aliphatic rings. The molecule has 1 atom stereocenters. The van der Waals surface area contributed by atoms with Crippen LogP contribution >= 0.6 is 0 Å². The van der Waals surface area contributed by atoms with Crippen molar-refractivity contribution in [1.82, 2.24) is 0 Å². The number of carbonyl (C=O) groups is 2. The van der Waals surface area contributed by atoms with Gasteiger partial charge in [0.15, 0.2) is 0 Å². The van der Waals surface area contributed by atoms with Gasteiger partial charge in [0, 0.05) is 5.92 Å². The second kappa shape index (κ2) is 5.75. The van der Waals surface area contributed by atoms with Gasteiger partial charge in [-0.15, -0.1) is 0 Å². The van der Waals surface area contributed by atoms with Gasteiger partial charge in [0.2, 0.25) is 0 Å². The molecule has 0 aromatic carbocycles. The zero-order valence-corrected chi connectivity index (χ0v) is 7.92. The van der Waals surface area contributed by atoms with Crippen LogP contribution in [0.25, 0.3) is 0 Å². The average Bonchev–Trinajstić information content (AvgIpc) is 2.03. The fourth-order valence-electron chi connectivity index (χ4n) is 0.756. The smallest absolute Gasteiger partial charge is 0.313 e. The lowest BCUT2D eigenvalue weighted by Gasteiger charge is -2.05. The van der Waals surface area contributed by atoms with Crippen molar-refractivity contribution in [3.8, 4) is 0 Å². The molecule has 0 aromatic heterocycles. The van der Waals surface area contributed by atoms with Gasteiger partial charge in [-0.05, 0) is 13.3 Å². The highest BCUT2D eigenvalue weighted by Gasteiger charge is 2.15. The van der Waals surface area contributed by atoms with Crippen molar-refractivity contribution in [3.05, 3.63) is 0 Å². The zero-order chi connectivity index (χ0) is 9.56. The first-order chi connectivity index (χ1) is 5.61. The molecule has 12 heavy (non-hydrogen) atoms. The highest BCUT2D eigenvalue weighted by molar-refractivity contribution is 5.96. The number of esters is 1. The zero-order valence-electron chi connectivity index (χ0n) is 7.92. The van der Waals surface area contributed by atoms with Gasteiger partial charge in [0.25, 0.3) is 0 Å². The maximum atomic E-state index is 11.2. The van der Waals surface area contributed by atoms with E-state index in [1.165, 1.54) is 0 Å². The van der Waals surface area contributed by atoms with E-state index in [1.807, 2.05) is 13.8 Å². The lowest BCUT2D eigenvalue weighted by atomic mass is 10.0. The highest BCUT2D eigenvalue weighted by Crippen LogP contribution is 2.05. The molecule has 0 saturated carbocycles. The number of hydrogen-bond acceptors (Lipinski definition) is 3. The van der Waals surface area contributed by atoms with Gasteiger partial charge >= 0.3 is 5.97 Å². The van der Waals surface area contributed by atoms with E-state index in [0.717, 1.165) is 6.42 Å². The molecule has 70 valence electrons. The lowest BCUT2D eigenvalue weighted by molar-refractivity contribution is -0.146. The molecule has 0 aromatic rings. The third-order valence-corrected chi connectivity index (χ3v) is 1.79. The first kappa shape index (κ1) is 11.1. The number of carbonyl (C=O) groups excluding carboxylic acids is 2. The second-order valence-corrected chi connectivity index (χ2v) is 2.76. The fourth-order valence-corrected chi connectivity index (χ4v) is 0.756. The van der Waals surface area contributed by atoms with Crippen LogP contribution in [0.15, 0.2) is 0 Å². The van der Waals surface area contributed by atoms with E-state index in [-0.39, 0.29) is 18.1 Å². The number of ketones is 1. The molecule has 0 saturated heterocycles. The van der Waals surface area contributed by atoms with Crippen LogP contribution in [0.3, 0.4) is 0 Å². The minimum atomic E-state index is -0.414. The van der Waals surface area contributed by atoms with Crippen molar-refractivity contribution in [2.24, 2.45) is 5.92 Å². The summed E-state index contributed by atoms with van der Waals surface area (Å²) < 4.78 is 4.65. The first-order valence-electron chi connectivity index (χ1n) is 4.30. The summed E-state index contributed by atoms with van der Waals surface area (Å²) in [6.07, 6.45) is 0.696. The maximum Gasteiger partial charge on any atom is 0.313 e. The van der Waals surface area contributed by atoms with Gasteiger partial charge in [-0.2, -0.15) is 0 Å². The maximum absolute atomic E-state index is 11.2. The quantitative estimate of drug-likeness (QED) is 0.467. The van der Waals surface area contributed by atoms with Crippen LogP contribution in [0.2, 0.25) is 0 Å². The normalized spacial score (nSPS) is 12.2. The van der Waals surface area contributed by atoms with E-state index in [4.69, 9.17) is 0 Å².